The molecule has 2 atom stereocenters. The molecule has 2 aromatic carbocycles. The maximum Gasteiger partial charge on any atom is 0.500 e. The highest BCUT2D eigenvalue weighted by atomic mass is 28.4. The van der Waals surface area contributed by atoms with Crippen molar-refractivity contribution in [2.45, 2.75) is 97.9 Å². The van der Waals surface area contributed by atoms with Gasteiger partial charge in [0.25, 0.3) is 0 Å². The van der Waals surface area contributed by atoms with Crippen molar-refractivity contribution in [2.24, 2.45) is 0 Å². The van der Waals surface area contributed by atoms with E-state index in [0.717, 1.165) is 49.1 Å². The summed E-state index contributed by atoms with van der Waals surface area (Å²) in [5, 5.41) is 27.6. The van der Waals surface area contributed by atoms with Crippen molar-refractivity contribution in [3.63, 3.8) is 0 Å². The second-order valence-corrected chi connectivity index (χ2v) is 18.6. The molecule has 0 radical (unpaired) electrons. The van der Waals surface area contributed by atoms with E-state index in [1.807, 2.05) is 65.8 Å². The fraction of sp³-hybridized carbons (Fsp3) is 0.692. The van der Waals surface area contributed by atoms with E-state index in [-0.39, 0.29) is 18.6 Å². The summed E-state index contributed by atoms with van der Waals surface area (Å²) in [5.41, 5.74) is 2.01. The third-order valence-electron chi connectivity index (χ3n) is 8.66. The summed E-state index contributed by atoms with van der Waals surface area (Å²) in [6, 6.07) is 17.5. The molecule has 12 nitrogen and oxygen atoms in total. The summed E-state index contributed by atoms with van der Waals surface area (Å²) in [4.78, 5) is 0. The van der Waals surface area contributed by atoms with Gasteiger partial charge in [-0.3, -0.25) is 0 Å². The van der Waals surface area contributed by atoms with Gasteiger partial charge in [0.1, 0.15) is 36.9 Å². The van der Waals surface area contributed by atoms with Gasteiger partial charge in [-0.2, -0.15) is 0 Å². The van der Waals surface area contributed by atoms with Gasteiger partial charge in [-0.25, -0.2) is 0 Å². The molecule has 0 spiro atoms. The Labute approximate surface area is 321 Å². The number of benzene rings is 2. The van der Waals surface area contributed by atoms with E-state index in [2.05, 4.69) is 48.7 Å². The Morgan fingerprint density at radius 3 is 1.11 bits per heavy atom. The van der Waals surface area contributed by atoms with Crippen molar-refractivity contribution < 1.29 is 46.2 Å². The molecule has 0 amide bonds. The third kappa shape index (κ3) is 17.2. The van der Waals surface area contributed by atoms with Crippen molar-refractivity contribution in [3.05, 3.63) is 59.7 Å². The lowest BCUT2D eigenvalue weighted by atomic mass is 9.78. The van der Waals surface area contributed by atoms with E-state index in [0.29, 0.717) is 64.2 Å². The van der Waals surface area contributed by atoms with Gasteiger partial charge in [0, 0.05) is 70.2 Å². The fourth-order valence-corrected chi connectivity index (χ4v) is 11.2. The van der Waals surface area contributed by atoms with Crippen LogP contribution in [-0.2, 0) is 32.0 Å². The number of ether oxygens (including phenoxy) is 2. The smallest absolute Gasteiger partial charge is 0.491 e. The zero-order chi connectivity index (χ0) is 39.0. The Balaban J connectivity index is 1.74. The molecule has 304 valence electrons. The lowest BCUT2D eigenvalue weighted by Gasteiger charge is -2.28. The number of rotatable bonds is 32. The fourth-order valence-electron chi connectivity index (χ4n) is 6.00. The van der Waals surface area contributed by atoms with E-state index in [1.54, 1.807) is 0 Å². The normalized spacial score (nSPS) is 13.6. The van der Waals surface area contributed by atoms with Crippen molar-refractivity contribution in [1.82, 2.24) is 10.6 Å². The maximum absolute atomic E-state index is 10.5. The molecule has 0 bridgehead atoms. The molecule has 4 N–H and O–H groups in total. The lowest BCUT2D eigenvalue weighted by Crippen LogP contribution is -2.46. The van der Waals surface area contributed by atoms with Crippen LogP contribution in [-0.4, -0.2) is 119 Å². The van der Waals surface area contributed by atoms with Crippen molar-refractivity contribution in [1.29, 1.82) is 0 Å². The summed E-state index contributed by atoms with van der Waals surface area (Å²) in [5.74, 6) is 1.41. The number of hydrogen-bond donors (Lipinski definition) is 4. The zero-order valence-corrected chi connectivity index (χ0v) is 35.7. The first kappa shape index (κ1) is 47.2. The van der Waals surface area contributed by atoms with Gasteiger partial charge < -0.3 is 56.9 Å². The van der Waals surface area contributed by atoms with Gasteiger partial charge >= 0.3 is 17.6 Å². The van der Waals surface area contributed by atoms with E-state index < -0.39 is 29.8 Å². The first-order valence-corrected chi connectivity index (χ1v) is 23.5. The maximum atomic E-state index is 10.5. The quantitative estimate of drug-likeness (QED) is 0.0547. The van der Waals surface area contributed by atoms with E-state index in [4.69, 9.17) is 36.0 Å². The highest BCUT2D eigenvalue weighted by molar-refractivity contribution is 6.61. The van der Waals surface area contributed by atoms with Gasteiger partial charge in [-0.1, -0.05) is 38.1 Å². The Morgan fingerprint density at radius 2 is 0.830 bits per heavy atom. The van der Waals surface area contributed by atoms with Crippen molar-refractivity contribution >= 4 is 17.6 Å². The SMILES string of the molecule is CCO[Si](CCCNCC(O)COc1ccc(C(C)(C)c2ccc(OCC(O)CNCCC[Si](OCC)(OCC)OCC)cc2)cc1)(OCC)OCC. The molecule has 0 saturated carbocycles. The first-order chi connectivity index (χ1) is 25.5. The van der Waals surface area contributed by atoms with E-state index in [1.165, 1.54) is 0 Å². The van der Waals surface area contributed by atoms with E-state index >= 15 is 0 Å². The van der Waals surface area contributed by atoms with Crippen LogP contribution in [0, 0.1) is 0 Å². The summed E-state index contributed by atoms with van der Waals surface area (Å²) in [7, 11) is -5.29. The zero-order valence-electron chi connectivity index (χ0n) is 33.7. The highest BCUT2D eigenvalue weighted by Gasteiger charge is 2.40. The molecular formula is C39H70N2O10Si2. The molecule has 2 rings (SSSR count). The molecule has 0 aromatic heterocycles. The minimum atomic E-state index is -2.65. The van der Waals surface area contributed by atoms with Crippen LogP contribution in [0.2, 0.25) is 12.1 Å². The summed E-state index contributed by atoms with van der Waals surface area (Å²) >= 11 is 0. The first-order valence-electron chi connectivity index (χ1n) is 19.6. The van der Waals surface area contributed by atoms with Crippen LogP contribution < -0.4 is 20.1 Å². The van der Waals surface area contributed by atoms with Crippen LogP contribution in [0.15, 0.2) is 48.5 Å². The van der Waals surface area contributed by atoms with Gasteiger partial charge in [-0.15, -0.1) is 0 Å². The second kappa shape index (κ2) is 26.0. The molecule has 0 aliphatic heterocycles. The molecule has 53 heavy (non-hydrogen) atoms. The number of nitrogens with one attached hydrogen (secondary N) is 2. The minimum Gasteiger partial charge on any atom is -0.491 e. The van der Waals surface area contributed by atoms with Gasteiger partial charge in [0.2, 0.25) is 0 Å². The molecule has 2 unspecified atom stereocenters. The summed E-state index contributed by atoms with van der Waals surface area (Å²) in [6.45, 7) is 22.2. The van der Waals surface area contributed by atoms with Crippen LogP contribution in [0.5, 0.6) is 11.5 Å². The Morgan fingerprint density at radius 1 is 0.528 bits per heavy atom. The largest absolute Gasteiger partial charge is 0.500 e. The highest BCUT2D eigenvalue weighted by Crippen LogP contribution is 2.33. The van der Waals surface area contributed by atoms with Crippen LogP contribution in [0.25, 0.3) is 0 Å². The van der Waals surface area contributed by atoms with Gasteiger partial charge in [0.15, 0.2) is 0 Å². The average molecular weight is 783 g/mol. The van der Waals surface area contributed by atoms with Crippen molar-refractivity contribution in [3.8, 4) is 11.5 Å². The number of hydrogen-bond acceptors (Lipinski definition) is 12. The molecule has 2 aromatic rings. The van der Waals surface area contributed by atoms with Crippen LogP contribution in [0.3, 0.4) is 0 Å². The van der Waals surface area contributed by atoms with Crippen LogP contribution in [0.1, 0.15) is 79.4 Å². The molecule has 14 heteroatoms. The predicted octanol–water partition coefficient (Wildman–Crippen LogP) is 5.55. The molecule has 0 aliphatic rings. The lowest BCUT2D eigenvalue weighted by molar-refractivity contribution is 0.0698. The topological polar surface area (TPSA) is 138 Å². The van der Waals surface area contributed by atoms with Crippen molar-refractivity contribution in [2.75, 3.05) is 79.0 Å². The molecular weight excluding hydrogens is 713 g/mol. The molecule has 0 aliphatic carbocycles. The van der Waals surface area contributed by atoms with Gasteiger partial charge in [-0.05, 0) is 103 Å². The number of aliphatic hydroxyl groups is 2. The van der Waals surface area contributed by atoms with Gasteiger partial charge in [0.05, 0.1) is 0 Å². The van der Waals surface area contributed by atoms with Crippen LogP contribution in [0.4, 0.5) is 0 Å². The third-order valence-corrected chi connectivity index (χ3v) is 15.0. The summed E-state index contributed by atoms with van der Waals surface area (Å²) < 4.78 is 47.2. The molecule has 0 fully saturated rings. The standard InChI is InChI=1S/C39H70N2O10Si2/c1-9-46-52(47-10-2,48-11-3)27-15-25-40-29-35(42)31-44-37-21-17-33(18-22-37)39(7,8)34-19-23-38(24-20-34)45-32-36(43)30-41-26-16-28-53(49-12-4,50-13-5)51-14-6/h17-24,35-36,40-43H,9-16,25-32H2,1-8H3. The average Bonchev–Trinajstić information content (AvgIpc) is 3.14. The summed E-state index contributed by atoms with van der Waals surface area (Å²) in [6.07, 6.45) is 0.379. The molecule has 0 saturated heterocycles. The Kier molecular flexibility index (Phi) is 23.2. The number of aliphatic hydroxyl groups excluding tert-OH is 2. The minimum absolute atomic E-state index is 0.191. The second-order valence-electron chi connectivity index (χ2n) is 13.2. The van der Waals surface area contributed by atoms with E-state index in [9.17, 15) is 10.2 Å². The Hall–Kier alpha value is -1.93. The monoisotopic (exact) mass is 782 g/mol. The predicted molar refractivity (Wildman–Crippen MR) is 214 cm³/mol. The van der Waals surface area contributed by atoms with Crippen LogP contribution >= 0.6 is 0 Å². The Bertz CT molecular complexity index is 1080. The molecule has 0 heterocycles.